The van der Waals surface area contributed by atoms with Crippen LogP contribution in [0.4, 0.5) is 0 Å². The molecule has 1 aliphatic rings. The molecule has 1 heterocycles. The number of ether oxygens (including phenoxy) is 2. The van der Waals surface area contributed by atoms with Crippen LogP contribution in [0.25, 0.3) is 0 Å². The lowest BCUT2D eigenvalue weighted by Crippen LogP contribution is -2.49. The standard InChI is InChI=1S/C23H37N3O3/c1-17(2)15-29-20-9-7-19(8-10-20)23(3,4)16-25-22(24-5)26-13-11-18(12-14-26)21(27)28-6/h7-10,17-18H,11-16H2,1-6H3,(H,24,25). The number of guanidine groups is 1. The van der Waals surface area contributed by atoms with E-state index in [0.717, 1.165) is 50.8 Å². The van der Waals surface area contributed by atoms with Crippen LogP contribution in [0.1, 0.15) is 46.1 Å². The molecular formula is C23H37N3O3. The fourth-order valence-electron chi connectivity index (χ4n) is 3.49. The first-order valence-corrected chi connectivity index (χ1v) is 10.5. The lowest BCUT2D eigenvalue weighted by atomic mass is 9.84. The number of rotatable bonds is 7. The summed E-state index contributed by atoms with van der Waals surface area (Å²) in [6, 6.07) is 8.38. The summed E-state index contributed by atoms with van der Waals surface area (Å²) < 4.78 is 10.7. The summed E-state index contributed by atoms with van der Waals surface area (Å²) in [4.78, 5) is 18.4. The van der Waals surface area contributed by atoms with E-state index in [-0.39, 0.29) is 17.3 Å². The number of esters is 1. The van der Waals surface area contributed by atoms with E-state index < -0.39 is 0 Å². The molecular weight excluding hydrogens is 366 g/mol. The van der Waals surface area contributed by atoms with Gasteiger partial charge >= 0.3 is 5.97 Å². The van der Waals surface area contributed by atoms with Gasteiger partial charge < -0.3 is 19.7 Å². The minimum absolute atomic E-state index is 0.00206. The van der Waals surface area contributed by atoms with Crippen molar-refractivity contribution in [3.8, 4) is 5.75 Å². The van der Waals surface area contributed by atoms with Crippen LogP contribution < -0.4 is 10.1 Å². The average molecular weight is 404 g/mol. The summed E-state index contributed by atoms with van der Waals surface area (Å²) in [5.74, 6) is 2.21. The van der Waals surface area contributed by atoms with E-state index in [0.29, 0.717) is 5.92 Å². The van der Waals surface area contributed by atoms with Gasteiger partial charge in [-0.2, -0.15) is 0 Å². The Balaban J connectivity index is 1.90. The van der Waals surface area contributed by atoms with Gasteiger partial charge in [0.05, 0.1) is 19.6 Å². The summed E-state index contributed by atoms with van der Waals surface area (Å²) in [5.41, 5.74) is 1.19. The number of methoxy groups -OCH3 is 1. The van der Waals surface area contributed by atoms with Crippen molar-refractivity contribution < 1.29 is 14.3 Å². The summed E-state index contributed by atoms with van der Waals surface area (Å²) >= 11 is 0. The lowest BCUT2D eigenvalue weighted by Gasteiger charge is -2.35. The highest BCUT2D eigenvalue weighted by Gasteiger charge is 2.28. The van der Waals surface area contributed by atoms with Gasteiger partial charge in [0.1, 0.15) is 5.75 Å². The number of hydrogen-bond donors (Lipinski definition) is 1. The number of piperidine rings is 1. The number of carbonyl (C=O) groups excluding carboxylic acids is 1. The summed E-state index contributed by atoms with van der Waals surface area (Å²) in [6.45, 7) is 11.9. The van der Waals surface area contributed by atoms with Crippen LogP contribution in [-0.2, 0) is 14.9 Å². The maximum Gasteiger partial charge on any atom is 0.308 e. The molecule has 6 heteroatoms. The van der Waals surface area contributed by atoms with Crippen LogP contribution in [0.15, 0.2) is 29.3 Å². The summed E-state index contributed by atoms with van der Waals surface area (Å²) in [6.07, 6.45) is 1.60. The van der Waals surface area contributed by atoms with Gasteiger partial charge in [-0.3, -0.25) is 9.79 Å². The molecule has 0 amide bonds. The molecule has 0 aromatic heterocycles. The Hall–Kier alpha value is -2.24. The van der Waals surface area contributed by atoms with Gasteiger partial charge in [0.15, 0.2) is 5.96 Å². The second-order valence-electron chi connectivity index (χ2n) is 8.80. The zero-order valence-electron chi connectivity index (χ0n) is 18.8. The van der Waals surface area contributed by atoms with Gasteiger partial charge in [-0.05, 0) is 36.5 Å². The van der Waals surface area contributed by atoms with Gasteiger partial charge in [0, 0.05) is 32.1 Å². The molecule has 1 N–H and O–H groups in total. The first kappa shape index (κ1) is 23.0. The molecule has 0 aliphatic carbocycles. The fourth-order valence-corrected chi connectivity index (χ4v) is 3.49. The molecule has 1 aromatic rings. The van der Waals surface area contributed by atoms with Gasteiger partial charge in [0.25, 0.3) is 0 Å². The number of nitrogens with zero attached hydrogens (tertiary/aromatic N) is 2. The zero-order valence-corrected chi connectivity index (χ0v) is 18.8. The first-order chi connectivity index (χ1) is 13.8. The average Bonchev–Trinajstić information content (AvgIpc) is 2.72. The topological polar surface area (TPSA) is 63.2 Å². The molecule has 1 saturated heterocycles. The van der Waals surface area contributed by atoms with Crippen molar-refractivity contribution in [2.75, 3.05) is 40.4 Å². The largest absolute Gasteiger partial charge is 0.493 e. The van der Waals surface area contributed by atoms with Gasteiger partial charge in [0.2, 0.25) is 0 Å². The molecule has 29 heavy (non-hydrogen) atoms. The minimum Gasteiger partial charge on any atom is -0.493 e. The van der Waals surface area contributed by atoms with Crippen LogP contribution in [0.2, 0.25) is 0 Å². The van der Waals surface area contributed by atoms with Crippen molar-refractivity contribution in [2.45, 2.75) is 46.0 Å². The van der Waals surface area contributed by atoms with Crippen molar-refractivity contribution >= 4 is 11.9 Å². The predicted octanol–water partition coefficient (Wildman–Crippen LogP) is 3.46. The van der Waals surface area contributed by atoms with E-state index in [1.54, 1.807) is 0 Å². The highest BCUT2D eigenvalue weighted by molar-refractivity contribution is 5.80. The van der Waals surface area contributed by atoms with E-state index in [1.165, 1.54) is 12.7 Å². The Morgan fingerprint density at radius 3 is 2.38 bits per heavy atom. The highest BCUT2D eigenvalue weighted by Crippen LogP contribution is 2.25. The third kappa shape index (κ3) is 6.65. The number of benzene rings is 1. The van der Waals surface area contributed by atoms with E-state index in [4.69, 9.17) is 9.47 Å². The van der Waals surface area contributed by atoms with E-state index in [1.807, 2.05) is 19.2 Å². The Morgan fingerprint density at radius 1 is 1.24 bits per heavy atom. The summed E-state index contributed by atoms with van der Waals surface area (Å²) in [5, 5.41) is 3.52. The number of nitrogens with one attached hydrogen (secondary N) is 1. The van der Waals surface area contributed by atoms with Crippen molar-refractivity contribution in [1.82, 2.24) is 10.2 Å². The van der Waals surface area contributed by atoms with Crippen LogP contribution >= 0.6 is 0 Å². The zero-order chi connectivity index (χ0) is 21.4. The summed E-state index contributed by atoms with van der Waals surface area (Å²) in [7, 11) is 3.27. The second kappa shape index (κ2) is 10.5. The second-order valence-corrected chi connectivity index (χ2v) is 8.80. The maximum absolute atomic E-state index is 11.7. The van der Waals surface area contributed by atoms with Crippen LogP contribution in [0.5, 0.6) is 5.75 Å². The normalized spacial score (nSPS) is 16.1. The maximum atomic E-state index is 11.7. The van der Waals surface area contributed by atoms with Crippen LogP contribution in [0, 0.1) is 11.8 Å². The number of likely N-dealkylation sites (tertiary alicyclic amines) is 1. The third-order valence-electron chi connectivity index (χ3n) is 5.45. The highest BCUT2D eigenvalue weighted by atomic mass is 16.5. The Bertz CT molecular complexity index is 675. The molecule has 6 nitrogen and oxygen atoms in total. The molecule has 0 saturated carbocycles. The van der Waals surface area contributed by atoms with Gasteiger partial charge in [-0.15, -0.1) is 0 Å². The third-order valence-corrected chi connectivity index (χ3v) is 5.45. The molecule has 0 spiro atoms. The molecule has 0 unspecified atom stereocenters. The van der Waals surface area contributed by atoms with Crippen LogP contribution in [-0.4, -0.2) is 57.2 Å². The quantitative estimate of drug-likeness (QED) is 0.429. The van der Waals surface area contributed by atoms with E-state index in [9.17, 15) is 4.79 Å². The molecule has 162 valence electrons. The fraction of sp³-hybridized carbons (Fsp3) is 0.652. The Labute approximate surface area is 175 Å². The molecule has 0 bridgehead atoms. The monoisotopic (exact) mass is 403 g/mol. The Kier molecular flexibility index (Phi) is 8.35. The van der Waals surface area contributed by atoms with E-state index >= 15 is 0 Å². The number of hydrogen-bond acceptors (Lipinski definition) is 4. The van der Waals surface area contributed by atoms with Crippen molar-refractivity contribution in [3.05, 3.63) is 29.8 Å². The molecule has 1 aliphatic heterocycles. The smallest absolute Gasteiger partial charge is 0.308 e. The first-order valence-electron chi connectivity index (χ1n) is 10.5. The van der Waals surface area contributed by atoms with Gasteiger partial charge in [-0.1, -0.05) is 39.8 Å². The predicted molar refractivity (Wildman–Crippen MR) is 117 cm³/mol. The number of carbonyl (C=O) groups is 1. The van der Waals surface area contributed by atoms with Crippen molar-refractivity contribution in [2.24, 2.45) is 16.8 Å². The molecule has 1 aromatic carbocycles. The lowest BCUT2D eigenvalue weighted by molar-refractivity contribution is -0.146. The Morgan fingerprint density at radius 2 is 1.86 bits per heavy atom. The minimum atomic E-state index is -0.102. The molecule has 0 radical (unpaired) electrons. The van der Waals surface area contributed by atoms with Gasteiger partial charge in [-0.25, -0.2) is 0 Å². The number of aliphatic imine (C=N–C) groups is 1. The molecule has 2 rings (SSSR count). The van der Waals surface area contributed by atoms with Crippen molar-refractivity contribution in [3.63, 3.8) is 0 Å². The van der Waals surface area contributed by atoms with Crippen LogP contribution in [0.3, 0.4) is 0 Å². The SMILES string of the molecule is CN=C(NCC(C)(C)c1ccc(OCC(C)C)cc1)N1CCC(C(=O)OC)CC1. The van der Waals surface area contributed by atoms with E-state index in [2.05, 4.69) is 55.0 Å². The molecule has 0 atom stereocenters. The van der Waals surface area contributed by atoms with Crippen molar-refractivity contribution in [1.29, 1.82) is 0 Å². The molecule has 1 fully saturated rings.